The minimum atomic E-state index is 0.367. The fourth-order valence-electron chi connectivity index (χ4n) is 3.96. The van der Waals surface area contributed by atoms with Gasteiger partial charge in [0, 0.05) is 17.8 Å². The number of fused-ring (bicyclic) bond motifs is 5. The molecule has 3 rings (SSSR count). The molecule has 2 atom stereocenters. The summed E-state index contributed by atoms with van der Waals surface area (Å²) in [6.07, 6.45) is 6.84. The van der Waals surface area contributed by atoms with Gasteiger partial charge in [0.2, 0.25) is 0 Å². The van der Waals surface area contributed by atoms with Crippen LogP contribution in [0.15, 0.2) is 12.4 Å². The predicted octanol–water partition coefficient (Wildman–Crippen LogP) is 3.56. The van der Waals surface area contributed by atoms with Crippen LogP contribution in [-0.2, 0) is 5.41 Å². The van der Waals surface area contributed by atoms with Crippen LogP contribution in [0.1, 0.15) is 56.2 Å². The minimum Gasteiger partial charge on any atom is -0.264 e. The van der Waals surface area contributed by atoms with Crippen molar-refractivity contribution in [2.45, 2.75) is 51.9 Å². The van der Waals surface area contributed by atoms with Gasteiger partial charge in [0.1, 0.15) is 0 Å². The molecular formula is C14H19N. The summed E-state index contributed by atoms with van der Waals surface area (Å²) < 4.78 is 0. The molecule has 0 amide bonds. The highest BCUT2D eigenvalue weighted by Gasteiger charge is 2.59. The van der Waals surface area contributed by atoms with E-state index in [0.29, 0.717) is 10.8 Å². The van der Waals surface area contributed by atoms with Crippen molar-refractivity contribution in [1.82, 2.24) is 4.98 Å². The van der Waals surface area contributed by atoms with E-state index in [0.717, 1.165) is 5.92 Å². The second-order valence-electron chi connectivity index (χ2n) is 6.06. The van der Waals surface area contributed by atoms with Crippen molar-refractivity contribution in [3.05, 3.63) is 29.1 Å². The van der Waals surface area contributed by atoms with E-state index in [1.807, 2.05) is 6.20 Å². The van der Waals surface area contributed by atoms with Gasteiger partial charge in [-0.15, -0.1) is 0 Å². The molecule has 0 saturated heterocycles. The van der Waals surface area contributed by atoms with Crippen molar-refractivity contribution in [1.29, 1.82) is 0 Å². The predicted molar refractivity (Wildman–Crippen MR) is 62.1 cm³/mol. The summed E-state index contributed by atoms with van der Waals surface area (Å²) in [5.74, 6) is 0.764. The third kappa shape index (κ3) is 0.839. The van der Waals surface area contributed by atoms with Crippen LogP contribution in [0.5, 0.6) is 0 Å². The number of nitrogens with zero attached hydrogens (tertiary/aromatic N) is 1. The molecule has 2 aliphatic carbocycles. The maximum Gasteiger partial charge on any atom is 0.0308 e. The molecular weight excluding hydrogens is 182 g/mol. The Morgan fingerprint density at radius 1 is 1.27 bits per heavy atom. The molecule has 2 bridgehead atoms. The van der Waals surface area contributed by atoms with Gasteiger partial charge in [-0.3, -0.25) is 4.98 Å². The zero-order valence-electron chi connectivity index (χ0n) is 10.1. The van der Waals surface area contributed by atoms with E-state index in [9.17, 15) is 0 Å². The van der Waals surface area contributed by atoms with Gasteiger partial charge in [0.25, 0.3) is 0 Å². The summed E-state index contributed by atoms with van der Waals surface area (Å²) >= 11 is 0. The first-order valence-corrected chi connectivity index (χ1v) is 5.93. The Morgan fingerprint density at radius 3 is 2.67 bits per heavy atom. The van der Waals surface area contributed by atoms with Gasteiger partial charge in [-0.1, -0.05) is 20.8 Å². The average Bonchev–Trinajstić information content (AvgIpc) is 2.49. The first-order valence-electron chi connectivity index (χ1n) is 5.93. The van der Waals surface area contributed by atoms with E-state index in [-0.39, 0.29) is 0 Å². The smallest absolute Gasteiger partial charge is 0.0308 e. The van der Waals surface area contributed by atoms with Crippen LogP contribution in [0, 0.1) is 12.3 Å². The second kappa shape index (κ2) is 2.45. The van der Waals surface area contributed by atoms with Crippen LogP contribution in [-0.4, -0.2) is 4.98 Å². The number of aromatic nitrogens is 1. The summed E-state index contributed by atoms with van der Waals surface area (Å²) in [7, 11) is 0. The van der Waals surface area contributed by atoms with Crippen LogP contribution in [0.4, 0.5) is 0 Å². The summed E-state index contributed by atoms with van der Waals surface area (Å²) in [6, 6.07) is 0. The molecule has 1 heteroatoms. The average molecular weight is 201 g/mol. The first kappa shape index (κ1) is 9.38. The lowest BCUT2D eigenvalue weighted by Crippen LogP contribution is -2.31. The van der Waals surface area contributed by atoms with Gasteiger partial charge in [-0.05, 0) is 47.8 Å². The number of hydrogen-bond donors (Lipinski definition) is 0. The van der Waals surface area contributed by atoms with Gasteiger partial charge in [-0.25, -0.2) is 0 Å². The highest BCUT2D eigenvalue weighted by Crippen LogP contribution is 2.67. The molecule has 80 valence electrons. The van der Waals surface area contributed by atoms with E-state index >= 15 is 0 Å². The number of rotatable bonds is 0. The molecule has 0 radical (unpaired) electrons. The third-order valence-electron chi connectivity index (χ3n) is 5.36. The fraction of sp³-hybridized carbons (Fsp3) is 0.643. The molecule has 1 heterocycles. The molecule has 0 N–H and O–H groups in total. The second-order valence-corrected chi connectivity index (χ2v) is 6.06. The van der Waals surface area contributed by atoms with Gasteiger partial charge in [-0.2, -0.15) is 0 Å². The van der Waals surface area contributed by atoms with Gasteiger partial charge >= 0.3 is 0 Å². The molecule has 0 aliphatic heterocycles. The number of aryl methyl sites for hydroxylation is 1. The molecule has 1 fully saturated rings. The lowest BCUT2D eigenvalue weighted by atomic mass is 9.69. The Balaban J connectivity index is 2.34. The molecule has 1 nitrogen and oxygen atoms in total. The van der Waals surface area contributed by atoms with E-state index in [2.05, 4.69) is 38.9 Å². The summed E-state index contributed by atoms with van der Waals surface area (Å²) in [5, 5.41) is 0. The Bertz CT molecular complexity index is 433. The minimum absolute atomic E-state index is 0.367. The van der Waals surface area contributed by atoms with Crippen molar-refractivity contribution in [3.63, 3.8) is 0 Å². The normalized spacial score (nSPS) is 35.6. The van der Waals surface area contributed by atoms with Crippen LogP contribution < -0.4 is 0 Å². The molecule has 1 unspecified atom stereocenters. The third-order valence-corrected chi connectivity index (χ3v) is 5.36. The van der Waals surface area contributed by atoms with Crippen LogP contribution >= 0.6 is 0 Å². The van der Waals surface area contributed by atoms with Gasteiger partial charge in [0.15, 0.2) is 0 Å². The molecule has 1 saturated carbocycles. The SMILES string of the molecule is Cc1cncc2c1[C@H]1CCC2(C)C1(C)C. The fourth-order valence-corrected chi connectivity index (χ4v) is 3.96. The Hall–Kier alpha value is -0.850. The summed E-state index contributed by atoms with van der Waals surface area (Å²) in [4.78, 5) is 4.39. The van der Waals surface area contributed by atoms with E-state index in [1.54, 1.807) is 5.56 Å². The van der Waals surface area contributed by atoms with Crippen molar-refractivity contribution in [2.24, 2.45) is 5.41 Å². The standard InChI is InChI=1S/C14H19N/c1-9-7-15-8-11-12(9)10-5-6-14(11,4)13(10,2)3/h7-8,10H,5-6H2,1-4H3/t10-,14?/m1/s1. The largest absolute Gasteiger partial charge is 0.264 e. The Morgan fingerprint density at radius 2 is 2.00 bits per heavy atom. The highest BCUT2D eigenvalue weighted by atomic mass is 14.7. The van der Waals surface area contributed by atoms with Crippen LogP contribution in [0.2, 0.25) is 0 Å². The van der Waals surface area contributed by atoms with Gasteiger partial charge < -0.3 is 0 Å². The highest BCUT2D eigenvalue weighted by molar-refractivity contribution is 5.50. The maximum atomic E-state index is 4.39. The van der Waals surface area contributed by atoms with E-state index < -0.39 is 0 Å². The molecule has 0 spiro atoms. The topological polar surface area (TPSA) is 12.9 Å². The summed E-state index contributed by atoms with van der Waals surface area (Å²) in [5.41, 5.74) is 5.33. The van der Waals surface area contributed by atoms with Crippen molar-refractivity contribution in [3.8, 4) is 0 Å². The maximum absolute atomic E-state index is 4.39. The zero-order valence-corrected chi connectivity index (χ0v) is 10.1. The molecule has 2 aliphatic rings. The first-order chi connectivity index (χ1) is 6.98. The van der Waals surface area contributed by atoms with Crippen LogP contribution in [0.3, 0.4) is 0 Å². The summed E-state index contributed by atoms with van der Waals surface area (Å²) in [6.45, 7) is 9.51. The van der Waals surface area contributed by atoms with E-state index in [4.69, 9.17) is 0 Å². The monoisotopic (exact) mass is 201 g/mol. The van der Waals surface area contributed by atoms with Crippen molar-refractivity contribution < 1.29 is 0 Å². The number of hydrogen-bond acceptors (Lipinski definition) is 1. The lowest BCUT2D eigenvalue weighted by Gasteiger charge is -2.35. The molecule has 0 aromatic carbocycles. The van der Waals surface area contributed by atoms with Crippen molar-refractivity contribution in [2.75, 3.05) is 0 Å². The van der Waals surface area contributed by atoms with Crippen molar-refractivity contribution >= 4 is 0 Å². The molecule has 15 heavy (non-hydrogen) atoms. The van der Waals surface area contributed by atoms with Crippen LogP contribution in [0.25, 0.3) is 0 Å². The Kier molecular flexibility index (Phi) is 1.53. The van der Waals surface area contributed by atoms with Gasteiger partial charge in [0.05, 0.1) is 0 Å². The van der Waals surface area contributed by atoms with E-state index in [1.165, 1.54) is 24.0 Å². The zero-order chi connectivity index (χ0) is 10.8. The Labute approximate surface area is 91.9 Å². The molecule has 1 aromatic heterocycles. The molecule has 1 aromatic rings. The lowest BCUT2D eigenvalue weighted by molar-refractivity contribution is 0.230. The number of pyridine rings is 1. The quantitative estimate of drug-likeness (QED) is 0.625.